The molecule has 1 radical (unpaired) electrons. The van der Waals surface area contributed by atoms with Crippen LogP contribution in [-0.2, 0) is 9.53 Å². The van der Waals surface area contributed by atoms with E-state index in [0.29, 0.717) is 6.42 Å². The van der Waals surface area contributed by atoms with Crippen molar-refractivity contribution >= 4 is 5.97 Å². The van der Waals surface area contributed by atoms with E-state index >= 15 is 0 Å². The lowest BCUT2D eigenvalue weighted by molar-refractivity contribution is -0.139. The van der Waals surface area contributed by atoms with Crippen LogP contribution >= 0.6 is 0 Å². The van der Waals surface area contributed by atoms with Gasteiger partial charge < -0.3 is 4.74 Å². The SMILES string of the molecule is [CH2]CC#CCOC(C)=O. The highest BCUT2D eigenvalue weighted by atomic mass is 16.5. The molecule has 0 spiro atoms. The fourth-order valence-electron chi connectivity index (χ4n) is 0.277. The molecule has 2 heteroatoms. The van der Waals surface area contributed by atoms with E-state index in [-0.39, 0.29) is 12.6 Å². The predicted molar refractivity (Wildman–Crippen MR) is 34.4 cm³/mol. The van der Waals surface area contributed by atoms with Crippen LogP contribution in [0.5, 0.6) is 0 Å². The number of esters is 1. The van der Waals surface area contributed by atoms with Gasteiger partial charge in [0.2, 0.25) is 0 Å². The average molecular weight is 125 g/mol. The molecule has 0 saturated carbocycles. The number of carbonyl (C=O) groups excluding carboxylic acids is 1. The number of rotatable bonds is 1. The minimum absolute atomic E-state index is 0.185. The first-order valence-corrected chi connectivity index (χ1v) is 2.65. The third-order valence-corrected chi connectivity index (χ3v) is 0.598. The molecule has 0 bridgehead atoms. The number of ether oxygens (including phenoxy) is 1. The molecule has 49 valence electrons. The molecule has 0 fully saturated rings. The van der Waals surface area contributed by atoms with Crippen LogP contribution in [0.4, 0.5) is 0 Å². The molecular formula is C7H9O2. The Kier molecular flexibility index (Phi) is 4.61. The first-order valence-electron chi connectivity index (χ1n) is 2.65. The van der Waals surface area contributed by atoms with Gasteiger partial charge in [-0.3, -0.25) is 4.79 Å². The van der Waals surface area contributed by atoms with Gasteiger partial charge >= 0.3 is 5.97 Å². The average Bonchev–Trinajstić information content (AvgIpc) is 1.80. The van der Waals surface area contributed by atoms with Crippen molar-refractivity contribution in [3.8, 4) is 11.8 Å². The number of carbonyl (C=O) groups is 1. The third kappa shape index (κ3) is 7.03. The third-order valence-electron chi connectivity index (χ3n) is 0.598. The zero-order valence-corrected chi connectivity index (χ0v) is 5.44. The van der Waals surface area contributed by atoms with Crippen LogP contribution in [-0.4, -0.2) is 12.6 Å². The van der Waals surface area contributed by atoms with E-state index in [1.807, 2.05) is 0 Å². The van der Waals surface area contributed by atoms with Gasteiger partial charge in [-0.2, -0.15) is 0 Å². The fraction of sp³-hybridized carbons (Fsp3) is 0.429. The van der Waals surface area contributed by atoms with Gasteiger partial charge in [-0.05, 0) is 6.92 Å². The van der Waals surface area contributed by atoms with Gasteiger partial charge in [0.05, 0.1) is 0 Å². The fourth-order valence-corrected chi connectivity index (χ4v) is 0.277. The van der Waals surface area contributed by atoms with E-state index in [2.05, 4.69) is 23.5 Å². The van der Waals surface area contributed by atoms with Crippen molar-refractivity contribution in [1.82, 2.24) is 0 Å². The molecule has 0 unspecified atom stereocenters. The highest BCUT2D eigenvalue weighted by Crippen LogP contribution is 1.73. The molecule has 0 amide bonds. The lowest BCUT2D eigenvalue weighted by atomic mass is 10.5. The molecule has 0 aliphatic heterocycles. The van der Waals surface area contributed by atoms with Gasteiger partial charge in [0.25, 0.3) is 0 Å². The Bertz CT molecular complexity index is 139. The lowest BCUT2D eigenvalue weighted by Gasteiger charge is -1.90. The van der Waals surface area contributed by atoms with Crippen LogP contribution in [0.25, 0.3) is 0 Å². The van der Waals surface area contributed by atoms with Crippen molar-refractivity contribution in [2.45, 2.75) is 13.3 Å². The summed E-state index contributed by atoms with van der Waals surface area (Å²) in [5, 5.41) is 0. The van der Waals surface area contributed by atoms with Crippen molar-refractivity contribution in [3.63, 3.8) is 0 Å². The summed E-state index contributed by atoms with van der Waals surface area (Å²) in [5.41, 5.74) is 0. The van der Waals surface area contributed by atoms with Crippen LogP contribution in [0.3, 0.4) is 0 Å². The summed E-state index contributed by atoms with van der Waals surface area (Å²) in [4.78, 5) is 10.1. The van der Waals surface area contributed by atoms with Crippen molar-refractivity contribution < 1.29 is 9.53 Å². The summed E-state index contributed by atoms with van der Waals surface area (Å²) in [6.45, 7) is 5.03. The van der Waals surface area contributed by atoms with Crippen LogP contribution in [0.2, 0.25) is 0 Å². The first kappa shape index (κ1) is 8.03. The molecular weight excluding hydrogens is 116 g/mol. The minimum Gasteiger partial charge on any atom is -0.453 e. The van der Waals surface area contributed by atoms with Crippen LogP contribution < -0.4 is 0 Å². The lowest BCUT2D eigenvalue weighted by Crippen LogP contribution is -1.97. The molecule has 0 heterocycles. The summed E-state index contributed by atoms with van der Waals surface area (Å²) in [6.07, 6.45) is 0.557. The summed E-state index contributed by atoms with van der Waals surface area (Å²) in [7, 11) is 0. The Morgan fingerprint density at radius 2 is 2.33 bits per heavy atom. The van der Waals surface area contributed by atoms with E-state index in [1.165, 1.54) is 6.92 Å². The molecule has 0 saturated heterocycles. The molecule has 2 nitrogen and oxygen atoms in total. The van der Waals surface area contributed by atoms with Gasteiger partial charge in [0.1, 0.15) is 0 Å². The smallest absolute Gasteiger partial charge is 0.303 e. The normalized spacial score (nSPS) is 7.33. The second-order valence-electron chi connectivity index (χ2n) is 1.38. The molecule has 0 aliphatic carbocycles. The highest BCUT2D eigenvalue weighted by molar-refractivity contribution is 5.66. The molecule has 0 rings (SSSR count). The van der Waals surface area contributed by atoms with E-state index < -0.39 is 0 Å². The zero-order valence-electron chi connectivity index (χ0n) is 5.44. The molecule has 0 aromatic heterocycles. The maximum Gasteiger partial charge on any atom is 0.303 e. The quantitative estimate of drug-likeness (QED) is 0.382. The Morgan fingerprint density at radius 1 is 1.67 bits per heavy atom. The van der Waals surface area contributed by atoms with Crippen LogP contribution in [0, 0.1) is 18.8 Å². The van der Waals surface area contributed by atoms with E-state index in [4.69, 9.17) is 0 Å². The van der Waals surface area contributed by atoms with Gasteiger partial charge in [-0.25, -0.2) is 0 Å². The van der Waals surface area contributed by atoms with Crippen molar-refractivity contribution in [3.05, 3.63) is 6.92 Å². The maximum absolute atomic E-state index is 10.1. The number of hydrogen-bond acceptors (Lipinski definition) is 2. The van der Waals surface area contributed by atoms with E-state index in [9.17, 15) is 4.79 Å². The summed E-state index contributed by atoms with van der Waals surface area (Å²) in [6, 6.07) is 0. The largest absolute Gasteiger partial charge is 0.453 e. The first-order chi connectivity index (χ1) is 4.27. The Morgan fingerprint density at radius 3 is 2.78 bits per heavy atom. The highest BCUT2D eigenvalue weighted by Gasteiger charge is 1.84. The topological polar surface area (TPSA) is 26.3 Å². The standard InChI is InChI=1S/C7H9O2/c1-3-4-5-6-9-7(2)8/h1,3,6H2,2H3. The molecule has 0 N–H and O–H groups in total. The molecule has 0 aromatic carbocycles. The van der Waals surface area contributed by atoms with Crippen molar-refractivity contribution in [1.29, 1.82) is 0 Å². The van der Waals surface area contributed by atoms with Crippen LogP contribution in [0.1, 0.15) is 13.3 Å². The predicted octanol–water partition coefficient (Wildman–Crippen LogP) is 0.777. The Balaban J connectivity index is 3.19. The monoisotopic (exact) mass is 125 g/mol. The molecule has 0 atom stereocenters. The summed E-state index contributed by atoms with van der Waals surface area (Å²) >= 11 is 0. The Labute approximate surface area is 55.2 Å². The second kappa shape index (κ2) is 5.17. The molecule has 9 heavy (non-hydrogen) atoms. The van der Waals surface area contributed by atoms with Crippen molar-refractivity contribution in [2.24, 2.45) is 0 Å². The van der Waals surface area contributed by atoms with Gasteiger partial charge in [-0.15, -0.1) is 0 Å². The maximum atomic E-state index is 10.1. The summed E-state index contributed by atoms with van der Waals surface area (Å²) < 4.78 is 4.50. The van der Waals surface area contributed by atoms with Gasteiger partial charge in [0.15, 0.2) is 6.61 Å². The summed E-state index contributed by atoms with van der Waals surface area (Å²) in [5.74, 6) is 4.98. The van der Waals surface area contributed by atoms with Crippen LogP contribution in [0.15, 0.2) is 0 Å². The number of hydrogen-bond donors (Lipinski definition) is 0. The zero-order chi connectivity index (χ0) is 7.11. The Hall–Kier alpha value is -0.970. The van der Waals surface area contributed by atoms with Gasteiger partial charge in [-0.1, -0.05) is 11.8 Å². The molecule has 0 aromatic rings. The van der Waals surface area contributed by atoms with E-state index in [0.717, 1.165) is 0 Å². The van der Waals surface area contributed by atoms with Gasteiger partial charge in [0, 0.05) is 13.3 Å². The van der Waals surface area contributed by atoms with E-state index in [1.54, 1.807) is 0 Å². The second-order valence-corrected chi connectivity index (χ2v) is 1.38. The minimum atomic E-state index is -0.298. The molecule has 0 aliphatic rings. The van der Waals surface area contributed by atoms with Crippen molar-refractivity contribution in [2.75, 3.05) is 6.61 Å².